The number of aryl methyl sites for hydroxylation is 1. The number of carbonyl (C=O) groups is 1. The van der Waals surface area contributed by atoms with Crippen LogP contribution in [0.25, 0.3) is 0 Å². The van der Waals surface area contributed by atoms with Gasteiger partial charge in [0.15, 0.2) is 11.5 Å². The van der Waals surface area contributed by atoms with Crippen LogP contribution in [-0.4, -0.2) is 19.2 Å². The SMILES string of the molecule is C=CCOC(=O)c1cc(Br)c(OCc2ccccc2C)c(OCC)c1. The second kappa shape index (κ2) is 9.28. The number of halogens is 1. The van der Waals surface area contributed by atoms with Crippen LogP contribution in [0.4, 0.5) is 0 Å². The molecule has 132 valence electrons. The average Bonchev–Trinajstić information content (AvgIpc) is 2.60. The van der Waals surface area contributed by atoms with E-state index in [2.05, 4.69) is 22.5 Å². The molecule has 2 rings (SSSR count). The number of ether oxygens (including phenoxy) is 3. The molecule has 0 aliphatic heterocycles. The molecular formula is C20H21BrO4. The Bertz CT molecular complexity index is 755. The summed E-state index contributed by atoms with van der Waals surface area (Å²) in [6.45, 7) is 8.47. The maximum Gasteiger partial charge on any atom is 0.338 e. The largest absolute Gasteiger partial charge is 0.490 e. The van der Waals surface area contributed by atoms with Crippen molar-refractivity contribution in [1.82, 2.24) is 0 Å². The third-order valence-electron chi connectivity index (χ3n) is 3.51. The fraction of sp³-hybridized carbons (Fsp3) is 0.250. The number of rotatable bonds is 8. The highest BCUT2D eigenvalue weighted by molar-refractivity contribution is 9.10. The third kappa shape index (κ3) is 5.10. The molecule has 0 amide bonds. The van der Waals surface area contributed by atoms with Gasteiger partial charge in [-0.25, -0.2) is 4.79 Å². The Morgan fingerprint density at radius 2 is 2.00 bits per heavy atom. The number of esters is 1. The highest BCUT2D eigenvalue weighted by atomic mass is 79.9. The zero-order chi connectivity index (χ0) is 18.2. The molecule has 0 heterocycles. The van der Waals surface area contributed by atoms with E-state index in [4.69, 9.17) is 14.2 Å². The first kappa shape index (κ1) is 19.1. The Morgan fingerprint density at radius 1 is 1.24 bits per heavy atom. The van der Waals surface area contributed by atoms with Gasteiger partial charge in [0.1, 0.15) is 13.2 Å². The van der Waals surface area contributed by atoms with E-state index in [-0.39, 0.29) is 6.61 Å². The van der Waals surface area contributed by atoms with E-state index in [1.54, 1.807) is 12.1 Å². The van der Waals surface area contributed by atoms with Gasteiger partial charge in [-0.1, -0.05) is 36.9 Å². The lowest BCUT2D eigenvalue weighted by atomic mass is 10.1. The normalized spacial score (nSPS) is 10.2. The fourth-order valence-corrected chi connectivity index (χ4v) is 2.79. The molecule has 0 N–H and O–H groups in total. The van der Waals surface area contributed by atoms with Gasteiger partial charge in [0.25, 0.3) is 0 Å². The average molecular weight is 405 g/mol. The summed E-state index contributed by atoms with van der Waals surface area (Å²) in [5, 5.41) is 0. The minimum absolute atomic E-state index is 0.159. The van der Waals surface area contributed by atoms with Crippen LogP contribution in [0.3, 0.4) is 0 Å². The van der Waals surface area contributed by atoms with Crippen molar-refractivity contribution in [3.05, 3.63) is 70.2 Å². The Hall–Kier alpha value is -2.27. The molecule has 2 aromatic rings. The number of carbonyl (C=O) groups excluding carboxylic acids is 1. The van der Waals surface area contributed by atoms with Crippen molar-refractivity contribution in [2.75, 3.05) is 13.2 Å². The van der Waals surface area contributed by atoms with Crippen LogP contribution >= 0.6 is 15.9 Å². The minimum Gasteiger partial charge on any atom is -0.490 e. The zero-order valence-corrected chi connectivity index (χ0v) is 16.0. The molecule has 0 fully saturated rings. The van der Waals surface area contributed by atoms with Crippen LogP contribution in [0.5, 0.6) is 11.5 Å². The van der Waals surface area contributed by atoms with Gasteiger partial charge in [0, 0.05) is 0 Å². The van der Waals surface area contributed by atoms with E-state index in [9.17, 15) is 4.79 Å². The minimum atomic E-state index is -0.438. The lowest BCUT2D eigenvalue weighted by molar-refractivity contribution is 0.0549. The van der Waals surface area contributed by atoms with Gasteiger partial charge in [-0.3, -0.25) is 0 Å². The highest BCUT2D eigenvalue weighted by Gasteiger charge is 2.17. The topological polar surface area (TPSA) is 44.8 Å². The van der Waals surface area contributed by atoms with Crippen molar-refractivity contribution >= 4 is 21.9 Å². The van der Waals surface area contributed by atoms with Crippen molar-refractivity contribution < 1.29 is 19.0 Å². The number of hydrogen-bond acceptors (Lipinski definition) is 4. The molecule has 5 heteroatoms. The Balaban J connectivity index is 2.26. The van der Waals surface area contributed by atoms with E-state index in [0.29, 0.717) is 34.7 Å². The molecule has 0 radical (unpaired) electrons. The summed E-state index contributed by atoms with van der Waals surface area (Å²) >= 11 is 3.46. The quantitative estimate of drug-likeness (QED) is 0.454. The monoisotopic (exact) mass is 404 g/mol. The molecule has 0 aliphatic rings. The van der Waals surface area contributed by atoms with E-state index in [1.165, 1.54) is 6.08 Å². The van der Waals surface area contributed by atoms with E-state index in [0.717, 1.165) is 11.1 Å². The van der Waals surface area contributed by atoms with Crippen molar-refractivity contribution in [2.24, 2.45) is 0 Å². The van der Waals surface area contributed by atoms with Crippen molar-refractivity contribution in [3.63, 3.8) is 0 Å². The van der Waals surface area contributed by atoms with Crippen molar-refractivity contribution in [2.45, 2.75) is 20.5 Å². The molecule has 0 bridgehead atoms. The van der Waals surface area contributed by atoms with E-state index >= 15 is 0 Å². The van der Waals surface area contributed by atoms with Crippen LogP contribution in [0.1, 0.15) is 28.4 Å². The summed E-state index contributed by atoms with van der Waals surface area (Å²) in [4.78, 5) is 12.1. The molecule has 0 saturated heterocycles. The second-order valence-corrected chi connectivity index (χ2v) is 6.17. The standard InChI is InChI=1S/C20H21BrO4/c1-4-10-24-20(22)16-11-17(21)19(18(12-16)23-5-2)25-13-15-9-7-6-8-14(15)3/h4,6-9,11-12H,1,5,10,13H2,2-3H3. The van der Waals surface area contributed by atoms with Gasteiger partial charge >= 0.3 is 5.97 Å². The van der Waals surface area contributed by atoms with E-state index in [1.807, 2.05) is 38.1 Å². The molecule has 2 aromatic carbocycles. The van der Waals surface area contributed by atoms with Gasteiger partial charge in [-0.2, -0.15) is 0 Å². The van der Waals surface area contributed by atoms with Crippen molar-refractivity contribution in [1.29, 1.82) is 0 Å². The third-order valence-corrected chi connectivity index (χ3v) is 4.10. The summed E-state index contributed by atoms with van der Waals surface area (Å²) in [6, 6.07) is 11.3. The summed E-state index contributed by atoms with van der Waals surface area (Å²) < 4.78 is 17.3. The van der Waals surface area contributed by atoms with Crippen LogP contribution in [0, 0.1) is 6.92 Å². The first-order valence-electron chi connectivity index (χ1n) is 7.98. The molecule has 0 saturated carbocycles. The number of hydrogen-bond donors (Lipinski definition) is 0. The summed E-state index contributed by atoms with van der Waals surface area (Å²) in [5.41, 5.74) is 2.63. The first-order valence-corrected chi connectivity index (χ1v) is 8.77. The highest BCUT2D eigenvalue weighted by Crippen LogP contribution is 2.37. The zero-order valence-electron chi connectivity index (χ0n) is 14.4. The van der Waals surface area contributed by atoms with Crippen LogP contribution in [0.2, 0.25) is 0 Å². The second-order valence-electron chi connectivity index (χ2n) is 5.32. The van der Waals surface area contributed by atoms with Gasteiger partial charge in [0.05, 0.1) is 16.6 Å². The molecule has 0 spiro atoms. The lowest BCUT2D eigenvalue weighted by Crippen LogP contribution is -2.07. The molecule has 4 nitrogen and oxygen atoms in total. The maximum atomic E-state index is 12.1. The molecular weight excluding hydrogens is 384 g/mol. The predicted octanol–water partition coefficient (Wildman–Crippen LogP) is 5.08. The van der Waals surface area contributed by atoms with E-state index < -0.39 is 5.97 Å². The predicted molar refractivity (Wildman–Crippen MR) is 101 cm³/mol. The molecule has 0 aromatic heterocycles. The summed E-state index contributed by atoms with van der Waals surface area (Å²) in [5.74, 6) is 0.619. The van der Waals surface area contributed by atoms with Crippen molar-refractivity contribution in [3.8, 4) is 11.5 Å². The smallest absolute Gasteiger partial charge is 0.338 e. The Kier molecular flexibility index (Phi) is 7.07. The summed E-state index contributed by atoms with van der Waals surface area (Å²) in [7, 11) is 0. The van der Waals surface area contributed by atoms with Gasteiger partial charge in [-0.05, 0) is 53.0 Å². The molecule has 0 atom stereocenters. The molecule has 0 unspecified atom stereocenters. The number of benzene rings is 2. The van der Waals surface area contributed by atoms with Gasteiger partial charge in [0.2, 0.25) is 0 Å². The Morgan fingerprint density at radius 3 is 2.68 bits per heavy atom. The fourth-order valence-electron chi connectivity index (χ4n) is 2.23. The molecule has 25 heavy (non-hydrogen) atoms. The summed E-state index contributed by atoms with van der Waals surface area (Å²) in [6.07, 6.45) is 1.52. The van der Waals surface area contributed by atoms with Crippen LogP contribution in [-0.2, 0) is 11.3 Å². The first-order chi connectivity index (χ1) is 12.1. The molecule has 0 aliphatic carbocycles. The lowest BCUT2D eigenvalue weighted by Gasteiger charge is -2.16. The van der Waals surface area contributed by atoms with Gasteiger partial charge in [-0.15, -0.1) is 0 Å². The van der Waals surface area contributed by atoms with Gasteiger partial charge < -0.3 is 14.2 Å². The van der Waals surface area contributed by atoms with Crippen LogP contribution in [0.15, 0.2) is 53.5 Å². The maximum absolute atomic E-state index is 12.1. The van der Waals surface area contributed by atoms with Crippen LogP contribution < -0.4 is 9.47 Å². The Labute approximate surface area is 156 Å².